The van der Waals surface area contributed by atoms with Crippen LogP contribution in [-0.2, 0) is 11.3 Å². The van der Waals surface area contributed by atoms with Crippen molar-refractivity contribution in [2.45, 2.75) is 89.9 Å². The van der Waals surface area contributed by atoms with Gasteiger partial charge in [-0.3, -0.25) is 9.59 Å². The van der Waals surface area contributed by atoms with Crippen molar-refractivity contribution in [3.05, 3.63) is 58.9 Å². The molecule has 3 aliphatic rings. The normalized spacial score (nSPS) is 20.2. The Labute approximate surface area is 254 Å². The Morgan fingerprint density at radius 3 is 2.47 bits per heavy atom. The van der Waals surface area contributed by atoms with E-state index in [1.54, 1.807) is 19.9 Å². The van der Waals surface area contributed by atoms with Crippen molar-refractivity contribution in [1.29, 1.82) is 0 Å². The Bertz CT molecular complexity index is 1270. The van der Waals surface area contributed by atoms with Crippen LogP contribution in [-0.4, -0.2) is 61.6 Å². The summed E-state index contributed by atoms with van der Waals surface area (Å²) in [6.07, 6.45) is 8.35. The topological polar surface area (TPSA) is 106 Å². The molecule has 2 aromatic rings. The number of likely N-dealkylation sites (tertiary alicyclic amines) is 1. The minimum atomic E-state index is -0.696. The first-order chi connectivity index (χ1) is 20.7. The lowest BCUT2D eigenvalue weighted by atomic mass is 9.83. The highest BCUT2D eigenvalue weighted by molar-refractivity contribution is 5.94. The average Bonchev–Trinajstić information content (AvgIpc) is 3.53. The summed E-state index contributed by atoms with van der Waals surface area (Å²) in [7, 11) is 0. The zero-order valence-electron chi connectivity index (χ0n) is 25.6. The van der Waals surface area contributed by atoms with Gasteiger partial charge in [-0.25, -0.2) is 4.39 Å². The van der Waals surface area contributed by atoms with Crippen molar-refractivity contribution < 1.29 is 23.5 Å². The Hall–Kier alpha value is -3.17. The quantitative estimate of drug-likeness (QED) is 0.362. The molecule has 2 aromatic carbocycles. The molecule has 234 valence electrons. The number of nitrogens with zero attached hydrogens (tertiary/aromatic N) is 1. The van der Waals surface area contributed by atoms with Crippen molar-refractivity contribution in [2.24, 2.45) is 11.1 Å². The molecule has 2 saturated heterocycles. The van der Waals surface area contributed by atoms with Gasteiger partial charge in [-0.15, -0.1) is 0 Å². The molecule has 1 saturated carbocycles. The van der Waals surface area contributed by atoms with Gasteiger partial charge in [0.05, 0.1) is 5.41 Å². The van der Waals surface area contributed by atoms with Crippen molar-refractivity contribution >= 4 is 11.8 Å². The molecule has 0 radical (unpaired) electrons. The number of amides is 2. The largest absolute Gasteiger partial charge is 0.490 e. The van der Waals surface area contributed by atoms with E-state index in [1.165, 1.54) is 37.0 Å². The van der Waals surface area contributed by atoms with Crippen LogP contribution in [0.3, 0.4) is 0 Å². The third-order valence-corrected chi connectivity index (χ3v) is 9.15. The lowest BCUT2D eigenvalue weighted by molar-refractivity contribution is -0.129. The molecule has 2 aliphatic heterocycles. The fourth-order valence-electron chi connectivity index (χ4n) is 6.29. The molecule has 43 heavy (non-hydrogen) atoms. The molecule has 2 amide bonds. The van der Waals surface area contributed by atoms with Gasteiger partial charge in [-0.1, -0.05) is 19.3 Å². The minimum Gasteiger partial charge on any atom is -0.490 e. The summed E-state index contributed by atoms with van der Waals surface area (Å²) in [5, 5.41) is 6.20. The van der Waals surface area contributed by atoms with Crippen LogP contribution in [0, 0.1) is 11.2 Å². The van der Waals surface area contributed by atoms with Crippen LogP contribution >= 0.6 is 0 Å². The Balaban J connectivity index is 1.19. The van der Waals surface area contributed by atoms with Crippen LogP contribution in [0.4, 0.5) is 4.39 Å². The number of rotatable bonds is 10. The maximum atomic E-state index is 14.4. The Kier molecular flexibility index (Phi) is 10.2. The van der Waals surface area contributed by atoms with Gasteiger partial charge in [0, 0.05) is 57.2 Å². The van der Waals surface area contributed by atoms with E-state index >= 15 is 0 Å². The lowest BCUT2D eigenvalue weighted by Crippen LogP contribution is -2.42. The molecule has 8 nitrogen and oxygen atoms in total. The van der Waals surface area contributed by atoms with Crippen LogP contribution in [0.1, 0.15) is 92.6 Å². The van der Waals surface area contributed by atoms with Crippen LogP contribution < -0.4 is 25.8 Å². The van der Waals surface area contributed by atoms with Crippen LogP contribution in [0.25, 0.3) is 0 Å². The molecule has 0 aromatic heterocycles. The van der Waals surface area contributed by atoms with Crippen molar-refractivity contribution in [2.75, 3.05) is 32.7 Å². The van der Waals surface area contributed by atoms with Crippen molar-refractivity contribution in [3.63, 3.8) is 0 Å². The molecular weight excluding hydrogens is 547 g/mol. The number of nitrogens with one attached hydrogen (secondary N) is 2. The van der Waals surface area contributed by atoms with E-state index < -0.39 is 11.2 Å². The first kappa shape index (κ1) is 31.3. The van der Waals surface area contributed by atoms with Crippen molar-refractivity contribution in [3.8, 4) is 11.5 Å². The molecule has 4 N–H and O–H groups in total. The minimum absolute atomic E-state index is 0.0359. The van der Waals surface area contributed by atoms with Gasteiger partial charge in [0.15, 0.2) is 0 Å². The van der Waals surface area contributed by atoms with Gasteiger partial charge in [0.1, 0.15) is 29.5 Å². The number of ether oxygens (including phenoxy) is 2. The molecule has 0 bridgehead atoms. The standard InChI is InChI=1S/C34H47FN4O4/c1-34(2,22-36)33(41)38-20-23-16-26(35)19-29(17-23)42-27-11-14-39(15-12-27)32(40)25-8-9-31(43-28-10-13-37-21-28)30(18-25)24-6-4-3-5-7-24/h8-9,16-19,24,27-28,37H,3-7,10-15,20-22,36H2,1-2H3,(H,38,41)/t28-/m0/s1. The second kappa shape index (κ2) is 14.1. The molecule has 0 unspecified atom stereocenters. The van der Waals surface area contributed by atoms with Gasteiger partial charge in [0.25, 0.3) is 5.91 Å². The Morgan fingerprint density at radius 1 is 1.00 bits per heavy atom. The predicted molar refractivity (Wildman–Crippen MR) is 165 cm³/mol. The molecule has 2 heterocycles. The fourth-order valence-corrected chi connectivity index (χ4v) is 6.29. The van der Waals surface area contributed by atoms with E-state index in [4.69, 9.17) is 15.2 Å². The zero-order valence-corrected chi connectivity index (χ0v) is 25.6. The summed E-state index contributed by atoms with van der Waals surface area (Å²) < 4.78 is 27.0. The number of hydrogen-bond donors (Lipinski definition) is 3. The first-order valence-electron chi connectivity index (χ1n) is 16.0. The predicted octanol–water partition coefficient (Wildman–Crippen LogP) is 4.90. The molecule has 1 atom stereocenters. The number of carbonyl (C=O) groups is 2. The van der Waals surface area contributed by atoms with E-state index in [0.717, 1.165) is 38.1 Å². The smallest absolute Gasteiger partial charge is 0.253 e. The number of hydrogen-bond acceptors (Lipinski definition) is 6. The number of nitrogens with two attached hydrogens (primary N) is 1. The number of carbonyl (C=O) groups excluding carboxylic acids is 2. The molecular formula is C34H47FN4O4. The third-order valence-electron chi connectivity index (χ3n) is 9.15. The van der Waals surface area contributed by atoms with E-state index in [1.807, 2.05) is 17.0 Å². The number of halogens is 1. The molecule has 1 aliphatic carbocycles. The van der Waals surface area contributed by atoms with Crippen molar-refractivity contribution in [1.82, 2.24) is 15.5 Å². The maximum Gasteiger partial charge on any atom is 0.253 e. The van der Waals surface area contributed by atoms with Gasteiger partial charge < -0.3 is 30.7 Å². The van der Waals surface area contributed by atoms with Gasteiger partial charge in [-0.05, 0) is 87.0 Å². The van der Waals surface area contributed by atoms with Crippen LogP contribution in [0.15, 0.2) is 36.4 Å². The average molecular weight is 595 g/mol. The highest BCUT2D eigenvalue weighted by atomic mass is 19.1. The van der Waals surface area contributed by atoms with Gasteiger partial charge in [0.2, 0.25) is 5.91 Å². The van der Waals surface area contributed by atoms with Crippen LogP contribution in [0.2, 0.25) is 0 Å². The summed E-state index contributed by atoms with van der Waals surface area (Å²) >= 11 is 0. The SMILES string of the molecule is CC(C)(CN)C(=O)NCc1cc(F)cc(OC2CCN(C(=O)c3ccc(O[C@H]4CCNC4)c(C4CCCCC4)c3)CC2)c1. The number of benzene rings is 2. The fraction of sp³-hybridized carbons (Fsp3) is 0.588. The molecule has 3 fully saturated rings. The highest BCUT2D eigenvalue weighted by Gasteiger charge is 2.29. The van der Waals surface area contributed by atoms with E-state index in [2.05, 4.69) is 16.7 Å². The summed E-state index contributed by atoms with van der Waals surface area (Å²) in [5.41, 5.74) is 7.51. The molecule has 9 heteroatoms. The maximum absolute atomic E-state index is 14.4. The zero-order chi connectivity index (χ0) is 30.4. The Morgan fingerprint density at radius 2 is 1.77 bits per heavy atom. The molecule has 5 rings (SSSR count). The van der Waals surface area contributed by atoms with E-state index in [-0.39, 0.29) is 37.1 Å². The first-order valence-corrected chi connectivity index (χ1v) is 16.0. The van der Waals surface area contributed by atoms with Crippen LogP contribution in [0.5, 0.6) is 11.5 Å². The summed E-state index contributed by atoms with van der Waals surface area (Å²) in [4.78, 5) is 27.9. The van der Waals surface area contributed by atoms with Gasteiger partial charge >= 0.3 is 0 Å². The van der Waals surface area contributed by atoms with E-state index in [9.17, 15) is 14.0 Å². The third kappa shape index (κ3) is 8.06. The summed E-state index contributed by atoms with van der Waals surface area (Å²) in [5.74, 6) is 1.23. The molecule has 0 spiro atoms. The number of piperidine rings is 1. The monoisotopic (exact) mass is 594 g/mol. The highest BCUT2D eigenvalue weighted by Crippen LogP contribution is 2.39. The summed E-state index contributed by atoms with van der Waals surface area (Å²) in [6.45, 7) is 6.93. The second-order valence-corrected chi connectivity index (χ2v) is 13.0. The second-order valence-electron chi connectivity index (χ2n) is 13.0. The summed E-state index contributed by atoms with van der Waals surface area (Å²) in [6, 6.07) is 10.5. The van der Waals surface area contributed by atoms with E-state index in [0.29, 0.717) is 48.7 Å². The lowest BCUT2D eigenvalue weighted by Gasteiger charge is -2.33. The van der Waals surface area contributed by atoms with Gasteiger partial charge in [-0.2, -0.15) is 0 Å².